The molecule has 19 heavy (non-hydrogen) atoms. The van der Waals surface area contributed by atoms with Gasteiger partial charge in [0.05, 0.1) is 12.8 Å². The molecule has 2 heterocycles. The third-order valence-corrected chi connectivity index (χ3v) is 3.55. The topological polar surface area (TPSA) is 48.1 Å². The van der Waals surface area contributed by atoms with Crippen molar-refractivity contribution in [3.05, 3.63) is 59.7 Å². The summed E-state index contributed by atoms with van der Waals surface area (Å²) in [6.45, 7) is 0.637. The highest BCUT2D eigenvalue weighted by Crippen LogP contribution is 2.39. The number of ether oxygens (including phenoxy) is 1. The van der Waals surface area contributed by atoms with Gasteiger partial charge in [0.2, 0.25) is 0 Å². The quantitative estimate of drug-likeness (QED) is 0.901. The van der Waals surface area contributed by atoms with Gasteiger partial charge in [0.25, 0.3) is 0 Å². The van der Waals surface area contributed by atoms with Crippen molar-refractivity contribution in [1.82, 2.24) is 4.98 Å². The van der Waals surface area contributed by atoms with E-state index in [1.165, 1.54) is 12.3 Å². The first-order valence-corrected chi connectivity index (χ1v) is 6.33. The first-order chi connectivity index (χ1) is 9.25. The Bertz CT molecular complexity index is 588. The van der Waals surface area contributed by atoms with Gasteiger partial charge in [-0.3, -0.25) is 4.98 Å². The molecule has 0 saturated carbocycles. The molecule has 0 spiro atoms. The summed E-state index contributed by atoms with van der Waals surface area (Å²) in [6, 6.07) is 9.06. The van der Waals surface area contributed by atoms with E-state index in [4.69, 9.17) is 10.5 Å². The minimum atomic E-state index is -0.353. The third-order valence-electron chi connectivity index (χ3n) is 3.55. The highest BCUT2D eigenvalue weighted by atomic mass is 19.1. The average molecular weight is 258 g/mol. The molecule has 0 fully saturated rings. The largest absolute Gasteiger partial charge is 0.493 e. The Morgan fingerprint density at radius 2 is 2.16 bits per heavy atom. The summed E-state index contributed by atoms with van der Waals surface area (Å²) in [6.07, 6.45) is 3.65. The first kappa shape index (κ1) is 12.1. The fourth-order valence-electron chi connectivity index (χ4n) is 2.59. The van der Waals surface area contributed by atoms with Crippen LogP contribution < -0.4 is 10.5 Å². The average Bonchev–Trinajstić information content (AvgIpc) is 2.46. The highest BCUT2D eigenvalue weighted by Gasteiger charge is 2.27. The fraction of sp³-hybridized carbons (Fsp3) is 0.267. The second-order valence-electron chi connectivity index (χ2n) is 4.74. The van der Waals surface area contributed by atoms with Crippen LogP contribution in [0.1, 0.15) is 29.5 Å². The number of hydrogen-bond acceptors (Lipinski definition) is 3. The van der Waals surface area contributed by atoms with Crippen LogP contribution in [-0.4, -0.2) is 11.6 Å². The van der Waals surface area contributed by atoms with Crippen LogP contribution in [0.15, 0.2) is 42.7 Å². The van der Waals surface area contributed by atoms with Crippen LogP contribution in [0.4, 0.5) is 4.39 Å². The predicted octanol–water partition coefficient (Wildman–Crippen LogP) is 2.79. The summed E-state index contributed by atoms with van der Waals surface area (Å²) in [4.78, 5) is 3.87. The molecule has 1 aromatic carbocycles. The highest BCUT2D eigenvalue weighted by molar-refractivity contribution is 5.40. The van der Waals surface area contributed by atoms with Crippen molar-refractivity contribution >= 4 is 0 Å². The van der Waals surface area contributed by atoms with E-state index in [9.17, 15) is 4.39 Å². The van der Waals surface area contributed by atoms with Crippen LogP contribution in [0, 0.1) is 5.82 Å². The normalized spacial score (nSPS) is 19.4. The van der Waals surface area contributed by atoms with Gasteiger partial charge in [0, 0.05) is 18.2 Å². The van der Waals surface area contributed by atoms with Crippen LogP contribution in [0.25, 0.3) is 0 Å². The zero-order valence-electron chi connectivity index (χ0n) is 10.4. The molecule has 4 heteroatoms. The van der Waals surface area contributed by atoms with Gasteiger partial charge in [0.15, 0.2) is 0 Å². The number of benzene rings is 1. The van der Waals surface area contributed by atoms with Crippen LogP contribution >= 0.6 is 0 Å². The number of pyridine rings is 1. The summed E-state index contributed by atoms with van der Waals surface area (Å²) in [5.74, 6) is 0.653. The van der Waals surface area contributed by atoms with Gasteiger partial charge in [-0.2, -0.15) is 0 Å². The molecule has 1 aromatic heterocycles. The van der Waals surface area contributed by atoms with E-state index in [0.717, 1.165) is 23.3 Å². The smallest absolute Gasteiger partial charge is 0.141 e. The minimum absolute atomic E-state index is 0.133. The van der Waals surface area contributed by atoms with E-state index in [0.29, 0.717) is 6.61 Å². The number of rotatable bonds is 2. The zero-order chi connectivity index (χ0) is 13.2. The lowest BCUT2D eigenvalue weighted by Gasteiger charge is -2.30. The molecule has 0 aliphatic carbocycles. The van der Waals surface area contributed by atoms with Gasteiger partial charge in [-0.05, 0) is 29.7 Å². The molecular weight excluding hydrogens is 243 g/mol. The Labute approximate surface area is 111 Å². The standard InChI is InChI=1S/C15H15FN2O/c16-11-7-10(8-18-9-11)15(17)13-5-6-19-14-4-2-1-3-12(13)14/h1-4,7-9,13,15H,5-6,17H2. The number of hydrogen-bond donors (Lipinski definition) is 1. The van der Waals surface area contributed by atoms with Gasteiger partial charge in [-0.1, -0.05) is 18.2 Å². The molecule has 98 valence electrons. The first-order valence-electron chi connectivity index (χ1n) is 6.33. The molecule has 2 unspecified atom stereocenters. The Morgan fingerprint density at radius 1 is 1.32 bits per heavy atom. The van der Waals surface area contributed by atoms with Crippen molar-refractivity contribution in [2.24, 2.45) is 5.73 Å². The van der Waals surface area contributed by atoms with E-state index in [1.54, 1.807) is 6.20 Å². The van der Waals surface area contributed by atoms with Crippen LogP contribution in [0.5, 0.6) is 5.75 Å². The lowest BCUT2D eigenvalue weighted by molar-refractivity contribution is 0.255. The van der Waals surface area contributed by atoms with Crippen molar-refractivity contribution in [3.8, 4) is 5.75 Å². The molecule has 0 amide bonds. The van der Waals surface area contributed by atoms with Crippen LogP contribution in [0.2, 0.25) is 0 Å². The number of aromatic nitrogens is 1. The maximum absolute atomic E-state index is 13.2. The zero-order valence-corrected chi connectivity index (χ0v) is 10.4. The molecule has 1 aliphatic rings. The van der Waals surface area contributed by atoms with Crippen molar-refractivity contribution in [2.75, 3.05) is 6.61 Å². The molecule has 3 nitrogen and oxygen atoms in total. The van der Waals surface area contributed by atoms with E-state index in [1.807, 2.05) is 24.3 Å². The SMILES string of the molecule is NC(c1cncc(F)c1)C1CCOc2ccccc21. The van der Waals surface area contributed by atoms with Crippen LogP contribution in [-0.2, 0) is 0 Å². The predicted molar refractivity (Wildman–Crippen MR) is 70.4 cm³/mol. The molecule has 1 aliphatic heterocycles. The Balaban J connectivity index is 1.95. The van der Waals surface area contributed by atoms with Crippen LogP contribution in [0.3, 0.4) is 0 Å². The lowest BCUT2D eigenvalue weighted by Crippen LogP contribution is -2.25. The molecule has 2 atom stereocenters. The van der Waals surface area contributed by atoms with Gasteiger partial charge in [-0.25, -0.2) is 4.39 Å². The van der Waals surface area contributed by atoms with Gasteiger partial charge in [0.1, 0.15) is 11.6 Å². The van der Waals surface area contributed by atoms with E-state index in [2.05, 4.69) is 4.98 Å². The number of halogens is 1. The van der Waals surface area contributed by atoms with Crippen molar-refractivity contribution < 1.29 is 9.13 Å². The summed E-state index contributed by atoms with van der Waals surface area (Å²) < 4.78 is 18.9. The monoisotopic (exact) mass is 258 g/mol. The van der Waals surface area contributed by atoms with Crippen molar-refractivity contribution in [2.45, 2.75) is 18.4 Å². The van der Waals surface area contributed by atoms with Crippen molar-refractivity contribution in [3.63, 3.8) is 0 Å². The molecule has 0 bridgehead atoms. The fourth-order valence-corrected chi connectivity index (χ4v) is 2.59. The summed E-state index contributed by atoms with van der Waals surface area (Å²) in [7, 11) is 0. The number of nitrogens with zero attached hydrogens (tertiary/aromatic N) is 1. The molecule has 2 aromatic rings. The number of para-hydroxylation sites is 1. The second-order valence-corrected chi connectivity index (χ2v) is 4.74. The van der Waals surface area contributed by atoms with Gasteiger partial charge in [-0.15, -0.1) is 0 Å². The second kappa shape index (κ2) is 4.97. The Kier molecular flexibility index (Phi) is 3.17. The Morgan fingerprint density at radius 3 is 3.00 bits per heavy atom. The minimum Gasteiger partial charge on any atom is -0.493 e. The van der Waals surface area contributed by atoms with E-state index in [-0.39, 0.29) is 17.8 Å². The summed E-state index contributed by atoms with van der Waals surface area (Å²) >= 11 is 0. The summed E-state index contributed by atoms with van der Waals surface area (Å²) in [5.41, 5.74) is 8.10. The van der Waals surface area contributed by atoms with Gasteiger partial charge < -0.3 is 10.5 Å². The maximum Gasteiger partial charge on any atom is 0.141 e. The molecule has 3 rings (SSSR count). The van der Waals surface area contributed by atoms with Crippen molar-refractivity contribution in [1.29, 1.82) is 0 Å². The summed E-state index contributed by atoms with van der Waals surface area (Å²) in [5, 5.41) is 0. The molecular formula is C15H15FN2O. The Hall–Kier alpha value is -1.94. The third kappa shape index (κ3) is 2.31. The molecule has 0 radical (unpaired) electrons. The lowest BCUT2D eigenvalue weighted by atomic mass is 9.84. The van der Waals surface area contributed by atoms with E-state index < -0.39 is 0 Å². The van der Waals surface area contributed by atoms with E-state index >= 15 is 0 Å². The van der Waals surface area contributed by atoms with Gasteiger partial charge >= 0.3 is 0 Å². The molecule has 2 N–H and O–H groups in total. The number of fused-ring (bicyclic) bond motifs is 1. The maximum atomic E-state index is 13.2. The molecule has 0 saturated heterocycles. The number of nitrogens with two attached hydrogens (primary N) is 1.